The number of rotatable bonds is 3. The van der Waals surface area contributed by atoms with Crippen LogP contribution < -0.4 is 0 Å². The van der Waals surface area contributed by atoms with Gasteiger partial charge in [-0.15, -0.1) is 0 Å². The molecule has 0 fully saturated rings. The Morgan fingerprint density at radius 1 is 1.50 bits per heavy atom. The topological polar surface area (TPSA) is 65.4 Å². The summed E-state index contributed by atoms with van der Waals surface area (Å²) < 4.78 is 28.4. The second-order valence-corrected chi connectivity index (χ2v) is 6.13. The summed E-state index contributed by atoms with van der Waals surface area (Å²) in [6, 6.07) is 1.19. The highest BCUT2D eigenvalue weighted by atomic mass is 35.7. The molecule has 5 nitrogen and oxygen atoms in total. The van der Waals surface area contributed by atoms with Crippen molar-refractivity contribution in [2.45, 2.75) is 24.8 Å². The van der Waals surface area contributed by atoms with Crippen LogP contribution in [0.4, 0.5) is 0 Å². The molecule has 16 heavy (non-hydrogen) atoms. The molecule has 0 spiro atoms. The van der Waals surface area contributed by atoms with Crippen molar-refractivity contribution < 1.29 is 17.9 Å². The molecule has 0 aliphatic carbocycles. The average molecular weight is 266 g/mol. The van der Waals surface area contributed by atoms with Crippen LogP contribution in [0.25, 0.3) is 0 Å². The third-order valence-electron chi connectivity index (χ3n) is 1.81. The number of nitrogens with zero attached hydrogens (tertiary/aromatic N) is 1. The highest BCUT2D eigenvalue weighted by Crippen LogP contribution is 2.18. The maximum absolute atomic E-state index is 11.5. The SMILES string of the molecule is CC(C)OC(=O)c1cc(S(=O)(=O)Cl)cn1C. The Hall–Kier alpha value is -1.01. The number of hydrogen-bond acceptors (Lipinski definition) is 4. The number of carbonyl (C=O) groups excluding carboxylic acids is 1. The van der Waals surface area contributed by atoms with Gasteiger partial charge in [0.15, 0.2) is 0 Å². The summed E-state index contributed by atoms with van der Waals surface area (Å²) >= 11 is 0. The van der Waals surface area contributed by atoms with Crippen LogP contribution in [-0.2, 0) is 20.8 Å². The lowest BCUT2D eigenvalue weighted by Gasteiger charge is -2.07. The van der Waals surface area contributed by atoms with E-state index in [0.29, 0.717) is 0 Å². The standard InChI is InChI=1S/C9H12ClNO4S/c1-6(2)15-9(12)8-4-7(5-11(8)3)16(10,13)14/h4-6H,1-3H3. The molecule has 0 saturated carbocycles. The first-order chi connectivity index (χ1) is 7.21. The summed E-state index contributed by atoms with van der Waals surface area (Å²) in [5.74, 6) is -0.580. The predicted octanol–water partition coefficient (Wildman–Crippen LogP) is 1.52. The van der Waals surface area contributed by atoms with Gasteiger partial charge in [-0.25, -0.2) is 13.2 Å². The molecule has 90 valence electrons. The van der Waals surface area contributed by atoms with Gasteiger partial charge in [0.25, 0.3) is 9.05 Å². The summed E-state index contributed by atoms with van der Waals surface area (Å²) in [5, 5.41) is 0. The first-order valence-electron chi connectivity index (χ1n) is 4.54. The van der Waals surface area contributed by atoms with Crippen molar-refractivity contribution in [2.75, 3.05) is 0 Å². The summed E-state index contributed by atoms with van der Waals surface area (Å²) in [7, 11) is 2.88. The molecule has 0 atom stereocenters. The zero-order valence-electron chi connectivity index (χ0n) is 9.10. The smallest absolute Gasteiger partial charge is 0.355 e. The Bertz CT molecular complexity index is 504. The fraction of sp³-hybridized carbons (Fsp3) is 0.444. The van der Waals surface area contributed by atoms with Crippen molar-refractivity contribution in [2.24, 2.45) is 7.05 Å². The maximum atomic E-state index is 11.5. The van der Waals surface area contributed by atoms with Crippen LogP contribution in [0.1, 0.15) is 24.3 Å². The third kappa shape index (κ3) is 2.99. The Morgan fingerprint density at radius 3 is 2.44 bits per heavy atom. The second-order valence-electron chi connectivity index (χ2n) is 3.56. The molecule has 7 heteroatoms. The van der Waals surface area contributed by atoms with E-state index in [9.17, 15) is 13.2 Å². The molecule has 0 saturated heterocycles. The minimum Gasteiger partial charge on any atom is -0.458 e. The lowest BCUT2D eigenvalue weighted by Crippen LogP contribution is -2.14. The third-order valence-corrected chi connectivity index (χ3v) is 3.13. The van der Waals surface area contributed by atoms with Crippen molar-refractivity contribution in [3.63, 3.8) is 0 Å². The molecule has 1 aromatic rings. The van der Waals surface area contributed by atoms with E-state index in [4.69, 9.17) is 15.4 Å². The van der Waals surface area contributed by atoms with E-state index in [1.807, 2.05) is 0 Å². The Balaban J connectivity index is 3.08. The minimum absolute atomic E-state index is 0.118. The summed E-state index contributed by atoms with van der Waals surface area (Å²) in [6.45, 7) is 3.42. The predicted molar refractivity (Wildman–Crippen MR) is 59.0 cm³/mol. The normalized spacial score (nSPS) is 11.8. The Morgan fingerprint density at radius 2 is 2.06 bits per heavy atom. The number of ether oxygens (including phenoxy) is 1. The summed E-state index contributed by atoms with van der Waals surface area (Å²) in [4.78, 5) is 11.4. The molecule has 0 radical (unpaired) electrons. The molecule has 1 aromatic heterocycles. The molecule has 0 N–H and O–H groups in total. The van der Waals surface area contributed by atoms with E-state index in [1.165, 1.54) is 16.8 Å². The van der Waals surface area contributed by atoms with Gasteiger partial charge < -0.3 is 9.30 Å². The number of aryl methyl sites for hydroxylation is 1. The van der Waals surface area contributed by atoms with Gasteiger partial charge in [0, 0.05) is 23.9 Å². The molecule has 1 rings (SSSR count). The van der Waals surface area contributed by atoms with Gasteiger partial charge in [0.05, 0.1) is 6.10 Å². The van der Waals surface area contributed by atoms with Gasteiger partial charge in [-0.3, -0.25) is 0 Å². The quantitative estimate of drug-likeness (QED) is 0.614. The fourth-order valence-corrected chi connectivity index (χ4v) is 1.93. The van der Waals surface area contributed by atoms with Crippen molar-refractivity contribution in [3.05, 3.63) is 18.0 Å². The van der Waals surface area contributed by atoms with Gasteiger partial charge in [-0.1, -0.05) is 0 Å². The monoisotopic (exact) mass is 265 g/mol. The summed E-state index contributed by atoms with van der Waals surface area (Å²) in [6.07, 6.45) is 0.998. The number of aromatic nitrogens is 1. The molecule has 0 aliphatic rings. The van der Waals surface area contributed by atoms with Gasteiger partial charge >= 0.3 is 5.97 Å². The number of halogens is 1. The highest BCUT2D eigenvalue weighted by Gasteiger charge is 2.19. The highest BCUT2D eigenvalue weighted by molar-refractivity contribution is 8.13. The number of carbonyl (C=O) groups is 1. The van der Waals surface area contributed by atoms with Crippen LogP contribution in [0.5, 0.6) is 0 Å². The molecule has 0 aliphatic heterocycles. The molecule has 0 unspecified atom stereocenters. The lowest BCUT2D eigenvalue weighted by molar-refractivity contribution is 0.0366. The molecular weight excluding hydrogens is 254 g/mol. The Kier molecular flexibility index (Phi) is 3.64. The molecule has 0 amide bonds. The average Bonchev–Trinajstić information content (AvgIpc) is 2.44. The molecule has 0 aromatic carbocycles. The van der Waals surface area contributed by atoms with E-state index < -0.39 is 15.0 Å². The lowest BCUT2D eigenvalue weighted by atomic mass is 10.4. The zero-order chi connectivity index (χ0) is 12.5. The first kappa shape index (κ1) is 13.1. The van der Waals surface area contributed by atoms with Crippen molar-refractivity contribution in [1.82, 2.24) is 4.57 Å². The largest absolute Gasteiger partial charge is 0.458 e. The molecule has 0 bridgehead atoms. The number of hydrogen-bond donors (Lipinski definition) is 0. The van der Waals surface area contributed by atoms with Crippen LogP contribution in [-0.4, -0.2) is 25.1 Å². The van der Waals surface area contributed by atoms with E-state index >= 15 is 0 Å². The van der Waals surface area contributed by atoms with Crippen molar-refractivity contribution >= 4 is 25.7 Å². The van der Waals surface area contributed by atoms with Crippen LogP contribution >= 0.6 is 10.7 Å². The zero-order valence-corrected chi connectivity index (χ0v) is 10.7. The van der Waals surface area contributed by atoms with Gasteiger partial charge in [-0.2, -0.15) is 0 Å². The molecular formula is C9H12ClNO4S. The van der Waals surface area contributed by atoms with Crippen molar-refractivity contribution in [1.29, 1.82) is 0 Å². The summed E-state index contributed by atoms with van der Waals surface area (Å²) in [5.41, 5.74) is 0.146. The van der Waals surface area contributed by atoms with Crippen LogP contribution in [0.3, 0.4) is 0 Å². The van der Waals surface area contributed by atoms with E-state index in [0.717, 1.165) is 0 Å². The fourth-order valence-electron chi connectivity index (χ4n) is 1.14. The Labute approximate surface area is 98.4 Å². The van der Waals surface area contributed by atoms with E-state index in [2.05, 4.69) is 0 Å². The van der Waals surface area contributed by atoms with Gasteiger partial charge in [-0.05, 0) is 19.9 Å². The minimum atomic E-state index is -3.82. The van der Waals surface area contributed by atoms with Crippen LogP contribution in [0, 0.1) is 0 Å². The van der Waals surface area contributed by atoms with E-state index in [-0.39, 0.29) is 16.7 Å². The van der Waals surface area contributed by atoms with E-state index in [1.54, 1.807) is 20.9 Å². The van der Waals surface area contributed by atoms with Gasteiger partial charge in [0.2, 0.25) is 0 Å². The number of esters is 1. The van der Waals surface area contributed by atoms with Gasteiger partial charge in [0.1, 0.15) is 10.6 Å². The molecule has 1 heterocycles. The second kappa shape index (κ2) is 4.47. The van der Waals surface area contributed by atoms with Crippen molar-refractivity contribution in [3.8, 4) is 0 Å². The first-order valence-corrected chi connectivity index (χ1v) is 6.84. The van der Waals surface area contributed by atoms with Crippen LogP contribution in [0.2, 0.25) is 0 Å². The maximum Gasteiger partial charge on any atom is 0.355 e. The van der Waals surface area contributed by atoms with Crippen LogP contribution in [0.15, 0.2) is 17.2 Å².